The molecule has 0 fully saturated rings. The Morgan fingerprint density at radius 3 is 2.27 bits per heavy atom. The van der Waals surface area contributed by atoms with Gasteiger partial charge >= 0.3 is 0 Å². The Balaban J connectivity index is 1.62. The normalized spacial score (nSPS) is 10.8. The standard InChI is InChI=1S/C22H16FN3O2S2/c1-12-18(29-21(24-12)15-8-10-16(23)11-9-15)20(28)26-22-25-17(19(30-22)13(2)27)14-6-4-3-5-7-14/h3-11H,1-2H3,(H,25,26,28). The number of carbonyl (C=O) groups excluding carboxylic acids is 2. The number of amides is 1. The number of carbonyl (C=O) groups is 2. The molecule has 4 aromatic rings. The van der Waals surface area contributed by atoms with Gasteiger partial charge in [0.1, 0.15) is 15.7 Å². The van der Waals surface area contributed by atoms with Crippen LogP contribution in [0.5, 0.6) is 0 Å². The monoisotopic (exact) mass is 437 g/mol. The maximum Gasteiger partial charge on any atom is 0.269 e. The predicted octanol–water partition coefficient (Wildman–Crippen LogP) is 5.84. The quantitative estimate of drug-likeness (QED) is 0.398. The van der Waals surface area contributed by atoms with Gasteiger partial charge in [0.15, 0.2) is 10.9 Å². The molecule has 4 rings (SSSR count). The van der Waals surface area contributed by atoms with Crippen molar-refractivity contribution in [3.05, 3.63) is 75.9 Å². The molecule has 0 spiro atoms. The van der Waals surface area contributed by atoms with E-state index in [1.807, 2.05) is 30.3 Å². The van der Waals surface area contributed by atoms with E-state index in [0.29, 0.717) is 31.3 Å². The topological polar surface area (TPSA) is 72.0 Å². The van der Waals surface area contributed by atoms with Crippen LogP contribution in [0.15, 0.2) is 54.6 Å². The molecule has 2 aromatic carbocycles. The number of benzene rings is 2. The Kier molecular flexibility index (Phi) is 5.52. The number of ketones is 1. The number of nitrogens with zero attached hydrogens (tertiary/aromatic N) is 2. The van der Waals surface area contributed by atoms with E-state index in [1.165, 1.54) is 30.4 Å². The highest BCUT2D eigenvalue weighted by Crippen LogP contribution is 2.33. The van der Waals surface area contributed by atoms with Gasteiger partial charge in [0.25, 0.3) is 5.91 Å². The van der Waals surface area contributed by atoms with Crippen LogP contribution < -0.4 is 5.32 Å². The molecule has 0 atom stereocenters. The lowest BCUT2D eigenvalue weighted by Crippen LogP contribution is -2.11. The summed E-state index contributed by atoms with van der Waals surface area (Å²) in [6.45, 7) is 3.23. The Morgan fingerprint density at radius 1 is 0.900 bits per heavy atom. The number of thiazole rings is 2. The van der Waals surface area contributed by atoms with Crippen molar-refractivity contribution in [3.8, 4) is 21.8 Å². The summed E-state index contributed by atoms with van der Waals surface area (Å²) >= 11 is 2.37. The maximum absolute atomic E-state index is 13.2. The highest BCUT2D eigenvalue weighted by molar-refractivity contribution is 7.19. The second-order valence-electron chi connectivity index (χ2n) is 6.51. The second kappa shape index (κ2) is 8.25. The molecule has 0 saturated heterocycles. The Bertz CT molecular complexity index is 1230. The van der Waals surface area contributed by atoms with E-state index in [0.717, 1.165) is 22.5 Å². The largest absolute Gasteiger partial charge is 0.297 e. The van der Waals surface area contributed by atoms with E-state index in [2.05, 4.69) is 15.3 Å². The number of anilines is 1. The zero-order valence-corrected chi connectivity index (χ0v) is 17.7. The lowest BCUT2D eigenvalue weighted by Gasteiger charge is -1.99. The molecule has 0 aliphatic carbocycles. The first-order valence-electron chi connectivity index (χ1n) is 9.04. The van der Waals surface area contributed by atoms with Gasteiger partial charge in [-0.15, -0.1) is 11.3 Å². The summed E-state index contributed by atoms with van der Waals surface area (Å²) in [5.74, 6) is -0.787. The molecule has 0 saturated carbocycles. The minimum Gasteiger partial charge on any atom is -0.297 e. The first-order valence-corrected chi connectivity index (χ1v) is 10.7. The zero-order valence-electron chi connectivity index (χ0n) is 16.1. The summed E-state index contributed by atoms with van der Waals surface area (Å²) in [7, 11) is 0. The molecule has 0 aliphatic heterocycles. The SMILES string of the molecule is CC(=O)c1sc(NC(=O)c2sc(-c3ccc(F)cc3)nc2C)nc1-c1ccccc1. The summed E-state index contributed by atoms with van der Waals surface area (Å²) in [6.07, 6.45) is 0. The number of rotatable bonds is 5. The molecule has 8 heteroatoms. The van der Waals surface area contributed by atoms with Gasteiger partial charge in [-0.1, -0.05) is 41.7 Å². The maximum atomic E-state index is 13.2. The predicted molar refractivity (Wildman–Crippen MR) is 118 cm³/mol. The third kappa shape index (κ3) is 4.05. The second-order valence-corrected chi connectivity index (χ2v) is 8.51. The van der Waals surface area contributed by atoms with E-state index in [4.69, 9.17) is 0 Å². The fraction of sp³-hybridized carbons (Fsp3) is 0.0909. The van der Waals surface area contributed by atoms with E-state index in [1.54, 1.807) is 19.1 Å². The van der Waals surface area contributed by atoms with Crippen molar-refractivity contribution in [2.24, 2.45) is 0 Å². The Hall–Kier alpha value is -3.23. The number of nitrogens with one attached hydrogen (secondary N) is 1. The molecular weight excluding hydrogens is 421 g/mol. The summed E-state index contributed by atoms with van der Waals surface area (Å²) in [6, 6.07) is 15.3. The minimum absolute atomic E-state index is 0.112. The van der Waals surface area contributed by atoms with Crippen molar-refractivity contribution in [2.45, 2.75) is 13.8 Å². The number of hydrogen-bond donors (Lipinski definition) is 1. The lowest BCUT2D eigenvalue weighted by molar-refractivity contribution is 0.101. The number of hydrogen-bond acceptors (Lipinski definition) is 6. The fourth-order valence-electron chi connectivity index (χ4n) is 2.88. The molecule has 150 valence electrons. The van der Waals surface area contributed by atoms with Crippen LogP contribution in [0.3, 0.4) is 0 Å². The summed E-state index contributed by atoms with van der Waals surface area (Å²) in [4.78, 5) is 34.8. The molecule has 0 aliphatic rings. The van der Waals surface area contributed by atoms with Gasteiger partial charge in [0, 0.05) is 18.1 Å². The van der Waals surface area contributed by atoms with Crippen LogP contribution in [0.1, 0.15) is 32.0 Å². The first kappa shape index (κ1) is 20.1. The van der Waals surface area contributed by atoms with Crippen LogP contribution in [0.4, 0.5) is 9.52 Å². The molecular formula is C22H16FN3O2S2. The third-order valence-corrected chi connectivity index (χ3v) is 6.59. The summed E-state index contributed by atoms with van der Waals surface area (Å²) in [5, 5.41) is 3.76. The van der Waals surface area contributed by atoms with Crippen LogP contribution >= 0.6 is 22.7 Å². The van der Waals surface area contributed by atoms with Gasteiger partial charge in [0.05, 0.1) is 16.3 Å². The number of Topliss-reactive ketones (excluding diaryl/α,β-unsaturated/α-hetero) is 1. The minimum atomic E-state index is -0.346. The van der Waals surface area contributed by atoms with Gasteiger partial charge in [-0.3, -0.25) is 14.9 Å². The van der Waals surface area contributed by atoms with Crippen LogP contribution in [0, 0.1) is 12.7 Å². The highest BCUT2D eigenvalue weighted by atomic mass is 32.1. The smallest absolute Gasteiger partial charge is 0.269 e. The summed E-state index contributed by atoms with van der Waals surface area (Å²) < 4.78 is 13.2. The van der Waals surface area contributed by atoms with E-state index < -0.39 is 0 Å². The van der Waals surface area contributed by atoms with Crippen LogP contribution in [-0.2, 0) is 0 Å². The molecule has 0 unspecified atom stereocenters. The van der Waals surface area contributed by atoms with Crippen molar-refractivity contribution in [1.29, 1.82) is 0 Å². The molecule has 0 bridgehead atoms. The van der Waals surface area contributed by atoms with Crippen molar-refractivity contribution >= 4 is 39.5 Å². The number of aryl methyl sites for hydroxylation is 1. The Morgan fingerprint density at radius 2 is 1.60 bits per heavy atom. The van der Waals surface area contributed by atoms with Gasteiger partial charge in [-0.2, -0.15) is 0 Å². The van der Waals surface area contributed by atoms with Crippen molar-refractivity contribution in [3.63, 3.8) is 0 Å². The van der Waals surface area contributed by atoms with Crippen molar-refractivity contribution < 1.29 is 14.0 Å². The molecule has 1 N–H and O–H groups in total. The van der Waals surface area contributed by atoms with Crippen LogP contribution in [0.25, 0.3) is 21.8 Å². The average Bonchev–Trinajstić information content (AvgIpc) is 3.33. The van der Waals surface area contributed by atoms with E-state index in [9.17, 15) is 14.0 Å². The molecule has 1 amide bonds. The molecule has 30 heavy (non-hydrogen) atoms. The first-order chi connectivity index (χ1) is 14.4. The van der Waals surface area contributed by atoms with E-state index in [-0.39, 0.29) is 17.5 Å². The van der Waals surface area contributed by atoms with Gasteiger partial charge in [-0.25, -0.2) is 14.4 Å². The molecule has 2 aromatic heterocycles. The number of aromatic nitrogens is 2. The number of halogens is 1. The zero-order chi connectivity index (χ0) is 21.3. The molecule has 2 heterocycles. The Labute approximate surface area is 180 Å². The van der Waals surface area contributed by atoms with Crippen molar-refractivity contribution in [1.82, 2.24) is 9.97 Å². The fourth-order valence-corrected chi connectivity index (χ4v) is 4.73. The van der Waals surface area contributed by atoms with E-state index >= 15 is 0 Å². The summed E-state index contributed by atoms with van der Waals surface area (Å²) in [5.41, 5.74) is 2.68. The van der Waals surface area contributed by atoms with Crippen LogP contribution in [0.2, 0.25) is 0 Å². The van der Waals surface area contributed by atoms with Gasteiger partial charge < -0.3 is 0 Å². The van der Waals surface area contributed by atoms with Gasteiger partial charge in [-0.05, 0) is 31.2 Å². The third-order valence-electron chi connectivity index (χ3n) is 4.31. The lowest BCUT2D eigenvalue weighted by atomic mass is 10.1. The highest BCUT2D eigenvalue weighted by Gasteiger charge is 2.21. The molecule has 0 radical (unpaired) electrons. The average molecular weight is 438 g/mol. The van der Waals surface area contributed by atoms with Crippen LogP contribution in [-0.4, -0.2) is 21.7 Å². The molecule has 5 nitrogen and oxygen atoms in total. The van der Waals surface area contributed by atoms with Crippen molar-refractivity contribution in [2.75, 3.05) is 5.32 Å². The van der Waals surface area contributed by atoms with Gasteiger partial charge in [0.2, 0.25) is 0 Å².